The van der Waals surface area contributed by atoms with Crippen LogP contribution in [-0.2, 0) is 13.3 Å². The van der Waals surface area contributed by atoms with Gasteiger partial charge in [-0.3, -0.25) is 0 Å². The summed E-state index contributed by atoms with van der Waals surface area (Å²) in [7, 11) is 2.17. The molecule has 0 aromatic heterocycles. The number of nitrogens with two attached hydrogens (primary N) is 2. The minimum Gasteiger partial charge on any atom is -0.377 e. The minimum absolute atomic E-state index is 0.0810. The Morgan fingerprint density at radius 2 is 1.54 bits per heavy atom. The molecule has 0 rings (SSSR count). The second kappa shape index (κ2) is 6.47. The molecule has 1 atom stereocenters. The van der Waals surface area contributed by atoms with Crippen LogP contribution in [0.15, 0.2) is 0 Å². The van der Waals surface area contributed by atoms with Crippen molar-refractivity contribution < 1.29 is 13.3 Å². The second-order valence-electron chi connectivity index (χ2n) is 2.73. The number of hydrogen-bond acceptors (Lipinski definition) is 5. The standard InChI is InChI=1S/C7H20N2O3Si/c1-10-13(11-2,12-3)7(6-9)4-5-8/h7H,4-6,8-9H2,1-3H3. The Morgan fingerprint density at radius 3 is 1.77 bits per heavy atom. The van der Waals surface area contributed by atoms with Gasteiger partial charge >= 0.3 is 8.80 Å². The van der Waals surface area contributed by atoms with Gasteiger partial charge in [0.1, 0.15) is 0 Å². The molecule has 0 saturated heterocycles. The molecule has 13 heavy (non-hydrogen) atoms. The molecular formula is C7H20N2O3Si. The molecule has 0 saturated carbocycles. The van der Waals surface area contributed by atoms with E-state index in [1.807, 2.05) is 0 Å². The Hall–Kier alpha value is 0.0169. The monoisotopic (exact) mass is 208 g/mol. The van der Waals surface area contributed by atoms with Crippen LogP contribution in [0.5, 0.6) is 0 Å². The largest absolute Gasteiger partial charge is 0.504 e. The van der Waals surface area contributed by atoms with E-state index in [1.54, 1.807) is 21.3 Å². The van der Waals surface area contributed by atoms with Gasteiger partial charge in [0.2, 0.25) is 0 Å². The molecular weight excluding hydrogens is 188 g/mol. The summed E-state index contributed by atoms with van der Waals surface area (Å²) in [6.07, 6.45) is 0.762. The van der Waals surface area contributed by atoms with Crippen LogP contribution in [0.1, 0.15) is 6.42 Å². The topological polar surface area (TPSA) is 79.7 Å². The van der Waals surface area contributed by atoms with E-state index in [4.69, 9.17) is 24.7 Å². The summed E-state index contributed by atoms with van der Waals surface area (Å²) >= 11 is 0. The van der Waals surface area contributed by atoms with Crippen molar-refractivity contribution in [3.05, 3.63) is 0 Å². The van der Waals surface area contributed by atoms with Gasteiger partial charge in [0, 0.05) is 26.9 Å². The van der Waals surface area contributed by atoms with Crippen LogP contribution in [0.3, 0.4) is 0 Å². The highest BCUT2D eigenvalue weighted by Gasteiger charge is 2.45. The highest BCUT2D eigenvalue weighted by atomic mass is 28.4. The van der Waals surface area contributed by atoms with Crippen molar-refractivity contribution in [3.8, 4) is 0 Å². The summed E-state index contributed by atoms with van der Waals surface area (Å²) < 4.78 is 15.9. The van der Waals surface area contributed by atoms with Crippen molar-refractivity contribution in [2.75, 3.05) is 34.4 Å². The van der Waals surface area contributed by atoms with E-state index in [0.717, 1.165) is 6.42 Å². The fourth-order valence-electron chi connectivity index (χ4n) is 1.39. The lowest BCUT2D eigenvalue weighted by atomic mass is 10.3. The van der Waals surface area contributed by atoms with Gasteiger partial charge in [-0.2, -0.15) is 0 Å². The lowest BCUT2D eigenvalue weighted by Crippen LogP contribution is -2.50. The van der Waals surface area contributed by atoms with Crippen LogP contribution in [0.2, 0.25) is 5.54 Å². The van der Waals surface area contributed by atoms with Crippen molar-refractivity contribution in [3.63, 3.8) is 0 Å². The minimum atomic E-state index is -2.57. The molecule has 0 heterocycles. The van der Waals surface area contributed by atoms with E-state index < -0.39 is 8.80 Å². The summed E-state index contributed by atoms with van der Waals surface area (Å²) in [6, 6.07) is 0. The molecule has 0 fully saturated rings. The van der Waals surface area contributed by atoms with Crippen molar-refractivity contribution in [1.29, 1.82) is 0 Å². The van der Waals surface area contributed by atoms with Crippen LogP contribution >= 0.6 is 0 Å². The van der Waals surface area contributed by atoms with Gasteiger partial charge in [0.25, 0.3) is 0 Å². The van der Waals surface area contributed by atoms with Crippen molar-refractivity contribution in [2.45, 2.75) is 12.0 Å². The molecule has 1 unspecified atom stereocenters. The Morgan fingerprint density at radius 1 is 1.08 bits per heavy atom. The maximum absolute atomic E-state index is 5.61. The van der Waals surface area contributed by atoms with E-state index in [-0.39, 0.29) is 5.54 Å². The Kier molecular flexibility index (Phi) is 6.48. The van der Waals surface area contributed by atoms with Crippen LogP contribution in [0, 0.1) is 0 Å². The van der Waals surface area contributed by atoms with Gasteiger partial charge in [-0.15, -0.1) is 0 Å². The van der Waals surface area contributed by atoms with E-state index in [0.29, 0.717) is 13.1 Å². The third-order valence-corrected chi connectivity index (χ3v) is 5.38. The van der Waals surface area contributed by atoms with E-state index in [1.165, 1.54) is 0 Å². The van der Waals surface area contributed by atoms with Crippen LogP contribution in [0.4, 0.5) is 0 Å². The maximum atomic E-state index is 5.61. The summed E-state index contributed by atoms with van der Waals surface area (Å²) in [6.45, 7) is 1.03. The molecule has 6 heteroatoms. The molecule has 5 nitrogen and oxygen atoms in total. The normalized spacial score (nSPS) is 14.5. The third kappa shape index (κ3) is 3.01. The highest BCUT2D eigenvalue weighted by molar-refractivity contribution is 6.62. The highest BCUT2D eigenvalue weighted by Crippen LogP contribution is 2.25. The van der Waals surface area contributed by atoms with Crippen molar-refractivity contribution in [1.82, 2.24) is 0 Å². The quantitative estimate of drug-likeness (QED) is 0.554. The SMILES string of the molecule is CO[Si](OC)(OC)C(CN)CCN. The van der Waals surface area contributed by atoms with Gasteiger partial charge < -0.3 is 24.7 Å². The molecule has 0 aromatic carbocycles. The van der Waals surface area contributed by atoms with Gasteiger partial charge in [-0.1, -0.05) is 0 Å². The number of rotatable bonds is 7. The maximum Gasteiger partial charge on any atom is 0.504 e. The lowest BCUT2D eigenvalue weighted by Gasteiger charge is -2.31. The van der Waals surface area contributed by atoms with Crippen molar-refractivity contribution >= 4 is 8.80 Å². The molecule has 0 bridgehead atoms. The first-order valence-corrected chi connectivity index (χ1v) is 6.06. The van der Waals surface area contributed by atoms with E-state index >= 15 is 0 Å². The average molecular weight is 208 g/mol. The van der Waals surface area contributed by atoms with E-state index in [9.17, 15) is 0 Å². The molecule has 0 radical (unpaired) electrons. The molecule has 4 N–H and O–H groups in total. The molecule has 0 aliphatic carbocycles. The van der Waals surface area contributed by atoms with Crippen LogP contribution in [0.25, 0.3) is 0 Å². The smallest absolute Gasteiger partial charge is 0.377 e. The first-order chi connectivity index (χ1) is 6.20. The van der Waals surface area contributed by atoms with Gasteiger partial charge in [-0.05, 0) is 19.5 Å². The Labute approximate surface area is 80.7 Å². The van der Waals surface area contributed by atoms with E-state index in [2.05, 4.69) is 0 Å². The molecule has 0 aliphatic rings. The summed E-state index contributed by atoms with van der Waals surface area (Å²) in [5, 5.41) is 0. The Bertz CT molecular complexity index is 125. The van der Waals surface area contributed by atoms with Gasteiger partial charge in [0.15, 0.2) is 0 Å². The van der Waals surface area contributed by atoms with Crippen molar-refractivity contribution in [2.24, 2.45) is 11.5 Å². The molecule has 0 spiro atoms. The van der Waals surface area contributed by atoms with Gasteiger partial charge in [-0.25, -0.2) is 0 Å². The lowest BCUT2D eigenvalue weighted by molar-refractivity contribution is 0.111. The van der Waals surface area contributed by atoms with Gasteiger partial charge in [0.05, 0.1) is 0 Å². The average Bonchev–Trinajstić information content (AvgIpc) is 2.19. The molecule has 0 aromatic rings. The number of hydrogen-bond donors (Lipinski definition) is 2. The van der Waals surface area contributed by atoms with Crippen LogP contribution < -0.4 is 11.5 Å². The fourth-order valence-corrected chi connectivity index (χ4v) is 3.70. The molecule has 0 aliphatic heterocycles. The zero-order chi connectivity index (χ0) is 10.3. The fraction of sp³-hybridized carbons (Fsp3) is 1.00. The molecule has 0 amide bonds. The summed E-state index contributed by atoms with van der Waals surface area (Å²) in [4.78, 5) is 0. The Balaban J connectivity index is 4.45. The third-order valence-electron chi connectivity index (χ3n) is 2.15. The zero-order valence-electron chi connectivity index (χ0n) is 8.58. The predicted molar refractivity (Wildman–Crippen MR) is 53.3 cm³/mol. The predicted octanol–water partition coefficient (Wildman–Crippen LogP) is -0.458. The van der Waals surface area contributed by atoms with Crippen LogP contribution in [-0.4, -0.2) is 43.2 Å². The first kappa shape index (κ1) is 13.0. The second-order valence-corrected chi connectivity index (χ2v) is 5.97. The summed E-state index contributed by atoms with van der Waals surface area (Å²) in [5.41, 5.74) is 11.2. The zero-order valence-corrected chi connectivity index (χ0v) is 9.58. The first-order valence-electron chi connectivity index (χ1n) is 4.26. The summed E-state index contributed by atoms with van der Waals surface area (Å²) in [5.74, 6) is 0. The molecule has 80 valence electrons.